The molecular formula is C10H22O5. The first kappa shape index (κ1) is 19.3. The normalized spacial score (nSPS) is 8.27. The van der Waals surface area contributed by atoms with Gasteiger partial charge in [0, 0.05) is 0 Å². The Morgan fingerprint density at radius 3 is 0.933 bits per heavy atom. The fourth-order valence-corrected chi connectivity index (χ4v) is 0.0747. The van der Waals surface area contributed by atoms with Gasteiger partial charge in [0.2, 0.25) is 0 Å². The van der Waals surface area contributed by atoms with E-state index in [1.807, 2.05) is 0 Å². The van der Waals surface area contributed by atoms with Crippen LogP contribution >= 0.6 is 0 Å². The quantitative estimate of drug-likeness (QED) is 0.482. The molecule has 0 unspecified atom stereocenters. The Morgan fingerprint density at radius 1 is 0.800 bits per heavy atom. The van der Waals surface area contributed by atoms with Gasteiger partial charge < -0.3 is 14.9 Å². The molecule has 0 aromatic carbocycles. The molecule has 0 saturated heterocycles. The van der Waals surface area contributed by atoms with E-state index in [1.165, 1.54) is 0 Å². The first-order valence-electron chi connectivity index (χ1n) is 4.73. The monoisotopic (exact) mass is 222 g/mol. The molecule has 0 amide bonds. The molecular weight excluding hydrogens is 200 g/mol. The van der Waals surface area contributed by atoms with E-state index >= 15 is 0 Å². The minimum Gasteiger partial charge on any atom is -0.449 e. The van der Waals surface area contributed by atoms with Crippen molar-refractivity contribution in [2.75, 3.05) is 0 Å². The molecule has 0 aromatic rings. The smallest absolute Gasteiger partial charge is 0.449 e. The lowest BCUT2D eigenvalue weighted by molar-refractivity contribution is 0.0802. The summed E-state index contributed by atoms with van der Waals surface area (Å²) in [7, 11) is 0. The lowest BCUT2D eigenvalue weighted by atomic mass is 10.3. The molecule has 0 saturated carbocycles. The van der Waals surface area contributed by atoms with Gasteiger partial charge in [-0.3, -0.25) is 0 Å². The summed E-state index contributed by atoms with van der Waals surface area (Å²) in [5.74, 6) is 1.67. The van der Waals surface area contributed by atoms with E-state index in [1.54, 1.807) is 0 Å². The van der Waals surface area contributed by atoms with Gasteiger partial charge in [0.15, 0.2) is 0 Å². The van der Waals surface area contributed by atoms with Crippen LogP contribution in [0.25, 0.3) is 0 Å². The van der Waals surface area contributed by atoms with E-state index in [0.29, 0.717) is 0 Å². The average molecular weight is 222 g/mol. The molecule has 0 heterocycles. The molecule has 92 valence electrons. The average Bonchev–Trinajstić information content (AvgIpc) is 1.78. The van der Waals surface area contributed by atoms with Crippen LogP contribution < -0.4 is 0 Å². The number of hydrogen-bond donors (Lipinski definition) is 2. The maximum Gasteiger partial charge on any atom is 0.516 e. The van der Waals surface area contributed by atoms with Crippen molar-refractivity contribution in [2.24, 2.45) is 11.8 Å². The lowest BCUT2D eigenvalue weighted by Crippen LogP contribution is -2.05. The molecule has 0 radical (unpaired) electrons. The maximum absolute atomic E-state index is 9.21. The number of carboxylic acid groups (broad SMARTS) is 2. The van der Waals surface area contributed by atoms with E-state index in [9.17, 15) is 9.59 Å². The summed E-state index contributed by atoms with van der Waals surface area (Å²) >= 11 is 0. The highest BCUT2D eigenvalue weighted by atomic mass is 16.7. The molecule has 0 spiro atoms. The van der Waals surface area contributed by atoms with Crippen LogP contribution in [0.1, 0.15) is 41.5 Å². The fourth-order valence-electron chi connectivity index (χ4n) is 0.0747. The van der Waals surface area contributed by atoms with E-state index in [0.717, 1.165) is 11.8 Å². The standard InChI is InChI=1S/2C4H10.C2H2O5/c2*1-4(2)3;3-1(4)7-2(5)6/h2*4H,1-3H3;(H,3,4)(H,5,6). The van der Waals surface area contributed by atoms with Gasteiger partial charge in [0.1, 0.15) is 0 Å². The zero-order chi connectivity index (χ0) is 13.0. The summed E-state index contributed by atoms with van der Waals surface area (Å²) in [6.45, 7) is 13.0. The third kappa shape index (κ3) is 196. The van der Waals surface area contributed by atoms with Gasteiger partial charge in [-0.15, -0.1) is 0 Å². The molecule has 5 nitrogen and oxygen atoms in total. The molecule has 0 atom stereocenters. The number of carbonyl (C=O) groups is 2. The van der Waals surface area contributed by atoms with E-state index in [2.05, 4.69) is 46.3 Å². The minimum atomic E-state index is -1.81. The summed E-state index contributed by atoms with van der Waals surface area (Å²) < 4.78 is 3.08. The van der Waals surface area contributed by atoms with Gasteiger partial charge in [0.25, 0.3) is 0 Å². The zero-order valence-corrected chi connectivity index (χ0v) is 10.3. The Morgan fingerprint density at radius 2 is 0.933 bits per heavy atom. The van der Waals surface area contributed by atoms with E-state index < -0.39 is 12.3 Å². The predicted octanol–water partition coefficient (Wildman–Crippen LogP) is 3.68. The molecule has 0 rings (SSSR count). The molecule has 2 N–H and O–H groups in total. The van der Waals surface area contributed by atoms with Crippen molar-refractivity contribution in [3.63, 3.8) is 0 Å². The van der Waals surface area contributed by atoms with Crippen LogP contribution in [0.4, 0.5) is 9.59 Å². The third-order valence-corrected chi connectivity index (χ3v) is 0.175. The van der Waals surface area contributed by atoms with Crippen molar-refractivity contribution < 1.29 is 24.5 Å². The van der Waals surface area contributed by atoms with Crippen LogP contribution in [-0.4, -0.2) is 22.5 Å². The van der Waals surface area contributed by atoms with Crippen molar-refractivity contribution in [3.8, 4) is 0 Å². The van der Waals surface area contributed by atoms with Crippen molar-refractivity contribution in [1.82, 2.24) is 0 Å². The van der Waals surface area contributed by atoms with Crippen LogP contribution in [0, 0.1) is 11.8 Å². The Balaban J connectivity index is -0.000000155. The molecule has 0 bridgehead atoms. The Bertz CT molecular complexity index is 140. The lowest BCUT2D eigenvalue weighted by Gasteiger charge is -1.84. The van der Waals surface area contributed by atoms with Crippen LogP contribution in [0.2, 0.25) is 0 Å². The predicted molar refractivity (Wildman–Crippen MR) is 58.2 cm³/mol. The molecule has 5 heteroatoms. The summed E-state index contributed by atoms with van der Waals surface area (Å²) in [4.78, 5) is 18.4. The van der Waals surface area contributed by atoms with Crippen molar-refractivity contribution in [2.45, 2.75) is 41.5 Å². The molecule has 0 aliphatic carbocycles. The third-order valence-electron chi connectivity index (χ3n) is 0.175. The number of ether oxygens (including phenoxy) is 1. The fraction of sp³-hybridized carbons (Fsp3) is 0.800. The first-order valence-corrected chi connectivity index (χ1v) is 4.73. The molecule has 15 heavy (non-hydrogen) atoms. The van der Waals surface area contributed by atoms with Crippen LogP contribution in [0.15, 0.2) is 0 Å². The second kappa shape index (κ2) is 12.7. The van der Waals surface area contributed by atoms with E-state index in [4.69, 9.17) is 10.2 Å². The van der Waals surface area contributed by atoms with Gasteiger partial charge in [0.05, 0.1) is 0 Å². The van der Waals surface area contributed by atoms with Crippen molar-refractivity contribution in [3.05, 3.63) is 0 Å². The Kier molecular flexibility index (Phi) is 16.4. The van der Waals surface area contributed by atoms with Gasteiger partial charge in [-0.1, -0.05) is 41.5 Å². The molecule has 0 fully saturated rings. The second-order valence-corrected chi connectivity index (χ2v) is 4.10. The number of rotatable bonds is 0. The van der Waals surface area contributed by atoms with Crippen LogP contribution in [-0.2, 0) is 4.74 Å². The maximum atomic E-state index is 9.21. The largest absolute Gasteiger partial charge is 0.516 e. The van der Waals surface area contributed by atoms with Gasteiger partial charge >= 0.3 is 12.3 Å². The summed E-state index contributed by atoms with van der Waals surface area (Å²) in [5.41, 5.74) is 0. The zero-order valence-electron chi connectivity index (χ0n) is 10.3. The van der Waals surface area contributed by atoms with Gasteiger partial charge in [-0.2, -0.15) is 0 Å². The van der Waals surface area contributed by atoms with Crippen LogP contribution in [0.3, 0.4) is 0 Å². The summed E-state index contributed by atoms with van der Waals surface area (Å²) in [5, 5.41) is 15.0. The Hall–Kier alpha value is -1.26. The highest BCUT2D eigenvalue weighted by Crippen LogP contribution is 1.81. The number of hydrogen-bond acceptors (Lipinski definition) is 3. The summed E-state index contributed by atoms with van der Waals surface area (Å²) in [6, 6.07) is 0. The summed E-state index contributed by atoms with van der Waals surface area (Å²) in [6.07, 6.45) is -3.62. The molecule has 0 aromatic heterocycles. The van der Waals surface area contributed by atoms with E-state index in [-0.39, 0.29) is 0 Å². The van der Waals surface area contributed by atoms with Crippen molar-refractivity contribution in [1.29, 1.82) is 0 Å². The minimum absolute atomic E-state index is 0.833. The SMILES string of the molecule is CC(C)C.CC(C)C.O=C(O)OC(=O)O. The molecule has 0 aliphatic rings. The van der Waals surface area contributed by atoms with Crippen molar-refractivity contribution >= 4 is 12.3 Å². The second-order valence-electron chi connectivity index (χ2n) is 4.10. The Labute approximate surface area is 91.1 Å². The highest BCUT2D eigenvalue weighted by Gasteiger charge is 2.01. The first-order chi connectivity index (χ1) is 6.59. The van der Waals surface area contributed by atoms with Gasteiger partial charge in [-0.05, 0) is 11.8 Å². The highest BCUT2D eigenvalue weighted by molar-refractivity contribution is 5.74. The molecule has 0 aliphatic heterocycles. The van der Waals surface area contributed by atoms with Crippen LogP contribution in [0.5, 0.6) is 0 Å². The topological polar surface area (TPSA) is 83.8 Å². The van der Waals surface area contributed by atoms with Gasteiger partial charge in [-0.25, -0.2) is 9.59 Å².